The third-order valence-electron chi connectivity index (χ3n) is 0.836. The number of hydrogen-bond donors (Lipinski definition) is 0. The van der Waals surface area contributed by atoms with Crippen molar-refractivity contribution in [3.05, 3.63) is 19.8 Å². The molecule has 0 aromatic carbocycles. The van der Waals surface area contributed by atoms with E-state index >= 15 is 0 Å². The van der Waals surface area contributed by atoms with E-state index in [0.717, 1.165) is 0 Å². The molecule has 1 aliphatic heterocycles. The summed E-state index contributed by atoms with van der Waals surface area (Å²) < 4.78 is 4.35. The summed E-state index contributed by atoms with van der Waals surface area (Å²) in [6, 6.07) is 2.11. The number of hydrogen-bond acceptors (Lipinski definition) is 1. The Bertz CT molecular complexity index is 173. The zero-order valence-corrected chi connectivity index (χ0v) is 6.42. The van der Waals surface area contributed by atoms with Crippen LogP contribution < -0.4 is 21.2 Å². The Hall–Kier alpha value is -0.300. The third kappa shape index (κ3) is 1.34. The second-order valence-corrected chi connectivity index (χ2v) is 3.50. The van der Waals surface area contributed by atoms with Crippen molar-refractivity contribution in [2.75, 3.05) is 0 Å². The van der Waals surface area contributed by atoms with Crippen molar-refractivity contribution in [3.63, 3.8) is 0 Å². The molecule has 42 valence electrons. The molecule has 0 atom stereocenters. The maximum absolute atomic E-state index is 8.21. The second-order valence-electron chi connectivity index (χ2n) is 1.44. The first-order chi connectivity index (χ1) is 3.93. The summed E-state index contributed by atoms with van der Waals surface area (Å²) in [5.74, 6) is 0. The fourth-order valence-electron chi connectivity index (χ4n) is 0.460. The molecule has 1 nitrogen and oxygen atoms in total. The Morgan fingerprint density at radius 2 is 2.62 bits per heavy atom. The van der Waals surface area contributed by atoms with Crippen LogP contribution in [0.2, 0.25) is 0 Å². The summed E-state index contributed by atoms with van der Waals surface area (Å²) in [6.45, 7) is 0. The molecule has 1 rings (SSSR count). The van der Waals surface area contributed by atoms with Crippen molar-refractivity contribution < 1.29 is 21.2 Å². The monoisotopic (exact) mass is 218 g/mol. The average molecular weight is 218 g/mol. The van der Waals surface area contributed by atoms with Crippen LogP contribution in [0.5, 0.6) is 0 Å². The molecule has 0 saturated heterocycles. The molecule has 2 heteroatoms. The standard InChI is InChI=1S/C6H5IN/c8-4-2-6-1-3-7-5-6/h1,3,5H,2H2/q-1. The van der Waals surface area contributed by atoms with Crippen molar-refractivity contribution in [2.24, 2.45) is 0 Å². The molecule has 0 aromatic rings. The summed E-state index contributed by atoms with van der Waals surface area (Å²) in [5.41, 5.74) is 1.21. The van der Waals surface area contributed by atoms with Gasteiger partial charge >= 0.3 is 58.8 Å². The second kappa shape index (κ2) is 2.88. The Morgan fingerprint density at radius 1 is 1.75 bits per heavy atom. The van der Waals surface area contributed by atoms with Gasteiger partial charge in [-0.3, -0.25) is 0 Å². The predicted octanol–water partition coefficient (Wildman–Crippen LogP) is -1.60. The number of rotatable bonds is 1. The topological polar surface area (TPSA) is 23.8 Å². The molecule has 0 bridgehead atoms. The molecule has 0 spiro atoms. The van der Waals surface area contributed by atoms with Gasteiger partial charge in [0.15, 0.2) is 0 Å². The number of nitrogens with zero attached hydrogens (tertiary/aromatic N) is 1. The normalized spacial score (nSPS) is 16.6. The average Bonchev–Trinajstić information content (AvgIpc) is 2.19. The van der Waals surface area contributed by atoms with Crippen LogP contribution in [0.4, 0.5) is 0 Å². The Labute approximate surface area is 59.0 Å². The predicted molar refractivity (Wildman–Crippen MR) is 27.5 cm³/mol. The van der Waals surface area contributed by atoms with E-state index in [-0.39, 0.29) is 21.2 Å². The van der Waals surface area contributed by atoms with Crippen molar-refractivity contribution in [1.29, 1.82) is 5.26 Å². The number of nitriles is 1. The van der Waals surface area contributed by atoms with E-state index in [4.69, 9.17) is 5.26 Å². The van der Waals surface area contributed by atoms with Gasteiger partial charge in [0.25, 0.3) is 0 Å². The summed E-state index contributed by atoms with van der Waals surface area (Å²) in [4.78, 5) is 0. The number of allylic oxidation sites excluding steroid dienone is 2. The van der Waals surface area contributed by atoms with E-state index in [1.54, 1.807) is 0 Å². The Balaban J connectivity index is 2.49. The molecule has 0 aliphatic carbocycles. The van der Waals surface area contributed by atoms with Crippen molar-refractivity contribution in [1.82, 2.24) is 0 Å². The first kappa shape index (κ1) is 5.83. The van der Waals surface area contributed by atoms with Crippen molar-refractivity contribution in [3.8, 4) is 6.07 Å². The van der Waals surface area contributed by atoms with Crippen LogP contribution in [-0.2, 0) is 0 Å². The first-order valence-electron chi connectivity index (χ1n) is 2.28. The minimum absolute atomic E-state index is 0.196. The van der Waals surface area contributed by atoms with Crippen LogP contribution in [0.3, 0.4) is 0 Å². The Kier molecular flexibility index (Phi) is 2.10. The van der Waals surface area contributed by atoms with Gasteiger partial charge < -0.3 is 0 Å². The van der Waals surface area contributed by atoms with Crippen LogP contribution in [0.25, 0.3) is 0 Å². The molecule has 0 fully saturated rings. The SMILES string of the molecule is N#CCC1=C[I-]C=C1. The quantitative estimate of drug-likeness (QED) is 0.486. The van der Waals surface area contributed by atoms with Crippen LogP contribution in [0, 0.1) is 11.3 Å². The van der Waals surface area contributed by atoms with E-state index in [1.165, 1.54) is 5.57 Å². The third-order valence-corrected chi connectivity index (χ3v) is 2.77. The summed E-state index contributed by atoms with van der Waals surface area (Å²) >= 11 is 0.196. The van der Waals surface area contributed by atoms with E-state index < -0.39 is 0 Å². The molecule has 1 heterocycles. The molecule has 0 unspecified atom stereocenters. The molecular formula is C6H5IN-. The van der Waals surface area contributed by atoms with E-state index in [9.17, 15) is 0 Å². The molecule has 0 saturated carbocycles. The van der Waals surface area contributed by atoms with Crippen LogP contribution in [0.15, 0.2) is 19.8 Å². The fraction of sp³-hybridized carbons (Fsp3) is 0.167. The van der Waals surface area contributed by atoms with Gasteiger partial charge in [-0.2, -0.15) is 0 Å². The summed E-state index contributed by atoms with van der Waals surface area (Å²) in [5, 5.41) is 8.21. The van der Waals surface area contributed by atoms with Crippen molar-refractivity contribution in [2.45, 2.75) is 6.42 Å². The van der Waals surface area contributed by atoms with Gasteiger partial charge in [-0.05, 0) is 0 Å². The first-order valence-corrected chi connectivity index (χ1v) is 4.77. The van der Waals surface area contributed by atoms with Gasteiger partial charge in [-0.15, -0.1) is 0 Å². The van der Waals surface area contributed by atoms with Gasteiger partial charge in [0, 0.05) is 0 Å². The van der Waals surface area contributed by atoms with Crippen LogP contribution in [-0.4, -0.2) is 0 Å². The fourth-order valence-corrected chi connectivity index (χ4v) is 2.23. The van der Waals surface area contributed by atoms with E-state index in [2.05, 4.69) is 20.3 Å². The van der Waals surface area contributed by atoms with Crippen LogP contribution >= 0.6 is 0 Å². The minimum atomic E-state index is 0.196. The molecule has 8 heavy (non-hydrogen) atoms. The molecule has 1 aliphatic rings. The molecular weight excluding hydrogens is 213 g/mol. The maximum atomic E-state index is 8.21. The zero-order chi connectivity index (χ0) is 5.82. The van der Waals surface area contributed by atoms with Gasteiger partial charge in [-0.25, -0.2) is 0 Å². The zero-order valence-electron chi connectivity index (χ0n) is 4.26. The van der Waals surface area contributed by atoms with E-state index in [0.29, 0.717) is 6.42 Å². The van der Waals surface area contributed by atoms with Gasteiger partial charge in [-0.1, -0.05) is 0 Å². The summed E-state index contributed by atoms with van der Waals surface area (Å²) in [6.07, 6.45) is 2.65. The molecule has 0 N–H and O–H groups in total. The van der Waals surface area contributed by atoms with Gasteiger partial charge in [0.2, 0.25) is 0 Å². The molecule has 0 radical (unpaired) electrons. The van der Waals surface area contributed by atoms with Gasteiger partial charge in [0.1, 0.15) is 0 Å². The van der Waals surface area contributed by atoms with Crippen molar-refractivity contribution >= 4 is 0 Å². The van der Waals surface area contributed by atoms with Gasteiger partial charge in [0.05, 0.1) is 0 Å². The summed E-state index contributed by atoms with van der Waals surface area (Å²) in [7, 11) is 0. The Morgan fingerprint density at radius 3 is 3.12 bits per heavy atom. The van der Waals surface area contributed by atoms with E-state index in [1.807, 2.05) is 0 Å². The van der Waals surface area contributed by atoms with Crippen LogP contribution in [0.1, 0.15) is 6.42 Å². The molecule has 0 aromatic heterocycles. The molecule has 0 amide bonds. The number of halogens is 1.